The van der Waals surface area contributed by atoms with Gasteiger partial charge in [0.2, 0.25) is 21.8 Å². The minimum Gasteiger partial charge on any atom is -0.494 e. The zero-order valence-corrected chi connectivity index (χ0v) is 19.4. The number of carbonyl (C=O) groups excluding carboxylic acids is 3. The molecular formula is C23H27N3O6S. The Morgan fingerprint density at radius 1 is 1.09 bits per heavy atom. The average Bonchev–Trinajstić information content (AvgIpc) is 3.08. The topological polar surface area (TPSA) is 127 Å². The Bertz CT molecular complexity index is 1130. The van der Waals surface area contributed by atoms with Gasteiger partial charge in [0.15, 0.2) is 0 Å². The van der Waals surface area contributed by atoms with Gasteiger partial charge in [-0.3, -0.25) is 14.4 Å². The summed E-state index contributed by atoms with van der Waals surface area (Å²) in [6.07, 6.45) is 0.477. The number of ether oxygens (including phenoxy) is 1. The molecule has 2 N–H and O–H groups in total. The molecule has 0 spiro atoms. The minimum atomic E-state index is -3.79. The van der Waals surface area contributed by atoms with Crippen molar-refractivity contribution < 1.29 is 27.5 Å². The predicted octanol–water partition coefficient (Wildman–Crippen LogP) is 1.85. The number of primary sulfonamides is 1. The van der Waals surface area contributed by atoms with Gasteiger partial charge in [-0.05, 0) is 55.3 Å². The van der Waals surface area contributed by atoms with Gasteiger partial charge in [0.25, 0.3) is 5.91 Å². The fourth-order valence-corrected chi connectivity index (χ4v) is 4.26. The van der Waals surface area contributed by atoms with E-state index in [2.05, 4.69) is 0 Å². The Balaban J connectivity index is 1.76. The predicted molar refractivity (Wildman–Crippen MR) is 122 cm³/mol. The molecule has 10 heteroatoms. The van der Waals surface area contributed by atoms with E-state index in [1.165, 1.54) is 17.0 Å². The minimum absolute atomic E-state index is 0.00435. The van der Waals surface area contributed by atoms with Crippen molar-refractivity contribution in [2.75, 3.05) is 18.1 Å². The third-order valence-corrected chi connectivity index (χ3v) is 6.35. The molecule has 1 saturated heterocycles. The molecule has 3 rings (SSSR count). The Kier molecular flexibility index (Phi) is 7.50. The molecule has 33 heavy (non-hydrogen) atoms. The van der Waals surface area contributed by atoms with Crippen molar-refractivity contribution >= 4 is 33.4 Å². The molecule has 1 fully saturated rings. The summed E-state index contributed by atoms with van der Waals surface area (Å²) in [4.78, 5) is 41.0. The summed E-state index contributed by atoms with van der Waals surface area (Å²) in [7, 11) is -3.79. The number of nitrogens with two attached hydrogens (primary N) is 1. The maximum absolute atomic E-state index is 13.2. The molecule has 1 aliphatic rings. The van der Waals surface area contributed by atoms with Crippen LogP contribution < -0.4 is 14.8 Å². The Hall–Kier alpha value is -3.24. The summed E-state index contributed by atoms with van der Waals surface area (Å²) < 4.78 is 28.2. The normalized spacial score (nSPS) is 16.2. The van der Waals surface area contributed by atoms with E-state index in [0.717, 1.165) is 10.5 Å². The smallest absolute Gasteiger partial charge is 0.257 e. The molecule has 1 unspecified atom stereocenters. The highest BCUT2D eigenvalue weighted by Crippen LogP contribution is 2.28. The number of amides is 3. The second kappa shape index (κ2) is 10.1. The fourth-order valence-electron chi connectivity index (χ4n) is 3.74. The number of sulfonamides is 1. The molecule has 1 aliphatic heterocycles. The van der Waals surface area contributed by atoms with E-state index in [4.69, 9.17) is 9.88 Å². The first-order chi connectivity index (χ1) is 15.7. The monoisotopic (exact) mass is 473 g/mol. The van der Waals surface area contributed by atoms with Gasteiger partial charge >= 0.3 is 0 Å². The first-order valence-electron chi connectivity index (χ1n) is 10.7. The van der Waals surface area contributed by atoms with E-state index in [0.29, 0.717) is 24.5 Å². The van der Waals surface area contributed by atoms with Crippen LogP contribution in [0.25, 0.3) is 0 Å². The number of hydrogen-bond acceptors (Lipinski definition) is 6. The number of hydrogen-bond donors (Lipinski definition) is 1. The lowest BCUT2D eigenvalue weighted by Gasteiger charge is -2.27. The molecule has 176 valence electrons. The van der Waals surface area contributed by atoms with Crippen LogP contribution in [-0.4, -0.2) is 50.2 Å². The number of imide groups is 1. The van der Waals surface area contributed by atoms with Crippen LogP contribution in [0, 0.1) is 0 Å². The van der Waals surface area contributed by atoms with Crippen LogP contribution in [0.2, 0.25) is 0 Å². The van der Waals surface area contributed by atoms with Gasteiger partial charge in [0.1, 0.15) is 11.8 Å². The lowest BCUT2D eigenvalue weighted by molar-refractivity contribution is -0.138. The second-order valence-electron chi connectivity index (χ2n) is 7.59. The molecule has 2 aromatic carbocycles. The second-order valence-corrected chi connectivity index (χ2v) is 9.16. The van der Waals surface area contributed by atoms with Crippen molar-refractivity contribution in [3.8, 4) is 5.75 Å². The molecule has 1 atom stereocenters. The third-order valence-electron chi connectivity index (χ3n) is 5.42. The standard InChI is InChI=1S/C23H27N3O6S/c1-3-21(27)25(14-13-16-5-11-19(12-6-16)33(24,30)31)20-15-22(28)26(23(20)29)17-7-9-18(10-8-17)32-4-2/h5-12,20H,3-4,13-15H2,1-2H3,(H2,24,30,31). The van der Waals surface area contributed by atoms with Crippen molar-refractivity contribution in [3.63, 3.8) is 0 Å². The van der Waals surface area contributed by atoms with Crippen LogP contribution in [0.3, 0.4) is 0 Å². The molecule has 0 radical (unpaired) electrons. The van der Waals surface area contributed by atoms with Crippen molar-refractivity contribution in [2.45, 2.75) is 44.0 Å². The van der Waals surface area contributed by atoms with Crippen LogP contribution in [0.15, 0.2) is 53.4 Å². The Morgan fingerprint density at radius 3 is 2.27 bits per heavy atom. The van der Waals surface area contributed by atoms with Crippen LogP contribution in [0.5, 0.6) is 5.75 Å². The van der Waals surface area contributed by atoms with Gasteiger partial charge in [-0.1, -0.05) is 19.1 Å². The fraction of sp³-hybridized carbons (Fsp3) is 0.348. The molecular weight excluding hydrogens is 446 g/mol. The third kappa shape index (κ3) is 5.58. The quantitative estimate of drug-likeness (QED) is 0.554. The molecule has 0 saturated carbocycles. The molecule has 0 bridgehead atoms. The summed E-state index contributed by atoms with van der Waals surface area (Å²) in [5.74, 6) is -0.430. The van der Waals surface area contributed by atoms with Gasteiger partial charge in [-0.25, -0.2) is 18.5 Å². The largest absolute Gasteiger partial charge is 0.494 e. The van der Waals surface area contributed by atoms with Gasteiger partial charge in [0, 0.05) is 13.0 Å². The first kappa shape index (κ1) is 24.4. The lowest BCUT2D eigenvalue weighted by Crippen LogP contribution is -2.46. The number of nitrogens with zero attached hydrogens (tertiary/aromatic N) is 2. The van der Waals surface area contributed by atoms with Crippen molar-refractivity contribution in [1.82, 2.24) is 4.90 Å². The highest BCUT2D eigenvalue weighted by Gasteiger charge is 2.43. The SMILES string of the molecule is CCOc1ccc(N2C(=O)CC(N(CCc3ccc(S(N)(=O)=O)cc3)C(=O)CC)C2=O)cc1. The van der Waals surface area contributed by atoms with E-state index >= 15 is 0 Å². The van der Waals surface area contributed by atoms with Crippen LogP contribution in [0.4, 0.5) is 5.69 Å². The van der Waals surface area contributed by atoms with Gasteiger partial charge in [-0.2, -0.15) is 0 Å². The van der Waals surface area contributed by atoms with Crippen LogP contribution >= 0.6 is 0 Å². The number of carbonyl (C=O) groups is 3. The summed E-state index contributed by atoms with van der Waals surface area (Å²) in [5.41, 5.74) is 1.20. The Morgan fingerprint density at radius 2 is 1.73 bits per heavy atom. The summed E-state index contributed by atoms with van der Waals surface area (Å²) in [5, 5.41) is 5.12. The summed E-state index contributed by atoms with van der Waals surface area (Å²) in [6.45, 7) is 4.27. The highest BCUT2D eigenvalue weighted by molar-refractivity contribution is 7.89. The molecule has 2 aromatic rings. The maximum atomic E-state index is 13.2. The van der Waals surface area contributed by atoms with Crippen LogP contribution in [0.1, 0.15) is 32.3 Å². The first-order valence-corrected chi connectivity index (χ1v) is 12.2. The van der Waals surface area contributed by atoms with Crippen molar-refractivity contribution in [1.29, 1.82) is 0 Å². The van der Waals surface area contributed by atoms with Crippen molar-refractivity contribution in [3.05, 3.63) is 54.1 Å². The number of benzene rings is 2. The highest BCUT2D eigenvalue weighted by atomic mass is 32.2. The average molecular weight is 474 g/mol. The van der Waals surface area contributed by atoms with Gasteiger partial charge < -0.3 is 9.64 Å². The lowest BCUT2D eigenvalue weighted by atomic mass is 10.1. The van der Waals surface area contributed by atoms with E-state index in [-0.39, 0.29) is 36.1 Å². The zero-order chi connectivity index (χ0) is 24.2. The molecule has 9 nitrogen and oxygen atoms in total. The van der Waals surface area contributed by atoms with Crippen LogP contribution in [-0.2, 0) is 30.8 Å². The molecule has 1 heterocycles. The molecule has 0 aliphatic carbocycles. The van der Waals surface area contributed by atoms with E-state index < -0.39 is 22.0 Å². The number of rotatable bonds is 9. The number of anilines is 1. The van der Waals surface area contributed by atoms with Gasteiger partial charge in [0.05, 0.1) is 23.6 Å². The molecule has 3 amide bonds. The van der Waals surface area contributed by atoms with E-state index in [9.17, 15) is 22.8 Å². The molecule has 0 aromatic heterocycles. The van der Waals surface area contributed by atoms with Crippen molar-refractivity contribution in [2.24, 2.45) is 5.14 Å². The zero-order valence-electron chi connectivity index (χ0n) is 18.6. The van der Waals surface area contributed by atoms with E-state index in [1.807, 2.05) is 6.92 Å². The Labute approximate surface area is 193 Å². The summed E-state index contributed by atoms with van der Waals surface area (Å²) in [6, 6.07) is 11.8. The summed E-state index contributed by atoms with van der Waals surface area (Å²) >= 11 is 0. The van der Waals surface area contributed by atoms with E-state index in [1.54, 1.807) is 43.3 Å². The van der Waals surface area contributed by atoms with Gasteiger partial charge in [-0.15, -0.1) is 0 Å². The maximum Gasteiger partial charge on any atom is 0.257 e.